The molecule has 0 bridgehead atoms. The minimum absolute atomic E-state index is 0.143. The van der Waals surface area contributed by atoms with Gasteiger partial charge in [-0.3, -0.25) is 0 Å². The highest BCUT2D eigenvalue weighted by molar-refractivity contribution is 9.10. The normalized spacial score (nSPS) is 12.4. The van der Waals surface area contributed by atoms with E-state index in [-0.39, 0.29) is 6.04 Å². The molecule has 0 radical (unpaired) electrons. The van der Waals surface area contributed by atoms with Gasteiger partial charge in [-0.25, -0.2) is 9.97 Å². The number of aryl methyl sites for hydroxylation is 1. The molecule has 0 saturated carbocycles. The fraction of sp³-hybridized carbons (Fsp3) is 0.286. The highest BCUT2D eigenvalue weighted by Crippen LogP contribution is 2.26. The second kappa shape index (κ2) is 6.07. The molecule has 0 saturated heterocycles. The molecule has 0 fully saturated rings. The van der Waals surface area contributed by atoms with Gasteiger partial charge in [0.2, 0.25) is 0 Å². The van der Waals surface area contributed by atoms with Gasteiger partial charge in [-0.2, -0.15) is 0 Å². The Hall–Kier alpha value is -1.26. The Labute approximate surface area is 116 Å². The van der Waals surface area contributed by atoms with Crippen LogP contribution in [0, 0.1) is 6.92 Å². The summed E-state index contributed by atoms with van der Waals surface area (Å²) in [4.78, 5) is 8.20. The van der Waals surface area contributed by atoms with Crippen LogP contribution in [0.3, 0.4) is 0 Å². The number of nitrogens with zero attached hydrogens (tertiary/aromatic N) is 2. The number of hydrogen-bond donors (Lipinski definition) is 1. The summed E-state index contributed by atoms with van der Waals surface area (Å²) in [6.07, 6.45) is 5.28. The van der Waals surface area contributed by atoms with E-state index in [0.29, 0.717) is 0 Å². The van der Waals surface area contributed by atoms with Gasteiger partial charge in [0.15, 0.2) is 0 Å². The third-order valence-corrected chi connectivity index (χ3v) is 3.36. The predicted octanol–water partition coefficient (Wildman–Crippen LogP) is 3.25. The van der Waals surface area contributed by atoms with Crippen molar-refractivity contribution >= 4 is 15.9 Å². The molecular formula is C14H16BrN3. The molecule has 1 atom stereocenters. The zero-order valence-corrected chi connectivity index (χ0v) is 12.1. The van der Waals surface area contributed by atoms with Crippen LogP contribution in [0.25, 0.3) is 0 Å². The van der Waals surface area contributed by atoms with Crippen LogP contribution in [0.5, 0.6) is 0 Å². The van der Waals surface area contributed by atoms with Gasteiger partial charge in [0.25, 0.3) is 0 Å². The quantitative estimate of drug-likeness (QED) is 0.942. The van der Waals surface area contributed by atoms with Crippen molar-refractivity contribution in [2.24, 2.45) is 0 Å². The molecule has 0 aliphatic carbocycles. The van der Waals surface area contributed by atoms with Crippen molar-refractivity contribution in [2.45, 2.75) is 19.9 Å². The van der Waals surface area contributed by atoms with E-state index < -0.39 is 0 Å². The molecule has 4 heteroatoms. The fourth-order valence-electron chi connectivity index (χ4n) is 2.03. The molecule has 1 unspecified atom stereocenters. The van der Waals surface area contributed by atoms with E-state index in [9.17, 15) is 0 Å². The molecular weight excluding hydrogens is 290 g/mol. The summed E-state index contributed by atoms with van der Waals surface area (Å²) >= 11 is 3.50. The molecule has 94 valence electrons. The lowest BCUT2D eigenvalue weighted by Gasteiger charge is -2.20. The first-order chi connectivity index (χ1) is 8.72. The Kier molecular flexibility index (Phi) is 4.44. The maximum Gasteiger partial charge on any atom is 0.115 e. The van der Waals surface area contributed by atoms with E-state index in [1.165, 1.54) is 11.1 Å². The topological polar surface area (TPSA) is 37.8 Å². The summed E-state index contributed by atoms with van der Waals surface area (Å²) in [6.45, 7) is 5.12. The van der Waals surface area contributed by atoms with Crippen LogP contribution in [0.2, 0.25) is 0 Å². The standard InChI is InChI=1S/C14H16BrN3/c1-3-18-14(11-7-16-9-17-8-11)13-5-4-12(15)6-10(13)2/h4-9,14,18H,3H2,1-2H3. The number of benzene rings is 1. The molecule has 0 amide bonds. The first-order valence-electron chi connectivity index (χ1n) is 5.96. The first-order valence-corrected chi connectivity index (χ1v) is 6.76. The lowest BCUT2D eigenvalue weighted by Crippen LogP contribution is -2.23. The smallest absolute Gasteiger partial charge is 0.115 e. The molecule has 1 aromatic heterocycles. The number of aromatic nitrogens is 2. The van der Waals surface area contributed by atoms with Crippen LogP contribution in [0.15, 0.2) is 41.4 Å². The van der Waals surface area contributed by atoms with Crippen LogP contribution in [-0.2, 0) is 0 Å². The van der Waals surface area contributed by atoms with Crippen molar-refractivity contribution in [2.75, 3.05) is 6.54 Å². The minimum Gasteiger partial charge on any atom is -0.306 e. The summed E-state index contributed by atoms with van der Waals surface area (Å²) < 4.78 is 1.10. The highest BCUT2D eigenvalue weighted by Gasteiger charge is 2.15. The summed E-state index contributed by atoms with van der Waals surface area (Å²) in [5, 5.41) is 3.48. The molecule has 1 aromatic carbocycles. The van der Waals surface area contributed by atoms with E-state index in [1.54, 1.807) is 6.33 Å². The lowest BCUT2D eigenvalue weighted by molar-refractivity contribution is 0.623. The van der Waals surface area contributed by atoms with Crippen LogP contribution < -0.4 is 5.32 Å². The van der Waals surface area contributed by atoms with Crippen molar-refractivity contribution < 1.29 is 0 Å². The monoisotopic (exact) mass is 305 g/mol. The minimum atomic E-state index is 0.143. The van der Waals surface area contributed by atoms with Crippen molar-refractivity contribution in [3.05, 3.63) is 58.1 Å². The highest BCUT2D eigenvalue weighted by atomic mass is 79.9. The third-order valence-electron chi connectivity index (χ3n) is 2.86. The predicted molar refractivity (Wildman–Crippen MR) is 76.4 cm³/mol. The second-order valence-corrected chi connectivity index (χ2v) is 5.08. The van der Waals surface area contributed by atoms with E-state index in [1.807, 2.05) is 12.4 Å². The van der Waals surface area contributed by atoms with Crippen molar-refractivity contribution in [3.63, 3.8) is 0 Å². The summed E-state index contributed by atoms with van der Waals surface area (Å²) in [5.74, 6) is 0. The Morgan fingerprint density at radius 1 is 1.28 bits per heavy atom. The molecule has 18 heavy (non-hydrogen) atoms. The zero-order valence-electron chi connectivity index (χ0n) is 10.5. The van der Waals surface area contributed by atoms with Crippen LogP contribution in [-0.4, -0.2) is 16.5 Å². The van der Waals surface area contributed by atoms with Gasteiger partial charge < -0.3 is 5.32 Å². The Morgan fingerprint density at radius 3 is 2.61 bits per heavy atom. The largest absolute Gasteiger partial charge is 0.306 e. The first kappa shape index (κ1) is 13.2. The molecule has 0 spiro atoms. The van der Waals surface area contributed by atoms with Crippen LogP contribution in [0.4, 0.5) is 0 Å². The second-order valence-electron chi connectivity index (χ2n) is 4.16. The average Bonchev–Trinajstić information content (AvgIpc) is 2.38. The lowest BCUT2D eigenvalue weighted by atomic mass is 9.97. The average molecular weight is 306 g/mol. The van der Waals surface area contributed by atoms with Gasteiger partial charge in [-0.1, -0.05) is 28.9 Å². The van der Waals surface area contributed by atoms with E-state index in [4.69, 9.17) is 0 Å². The number of nitrogens with one attached hydrogen (secondary N) is 1. The number of hydrogen-bond acceptors (Lipinski definition) is 3. The van der Waals surface area contributed by atoms with Crippen molar-refractivity contribution in [1.29, 1.82) is 0 Å². The van der Waals surface area contributed by atoms with Crippen LogP contribution in [0.1, 0.15) is 29.7 Å². The fourth-order valence-corrected chi connectivity index (χ4v) is 2.51. The van der Waals surface area contributed by atoms with Gasteiger partial charge >= 0.3 is 0 Å². The molecule has 1 heterocycles. The molecule has 0 aliphatic heterocycles. The maximum absolute atomic E-state index is 4.10. The van der Waals surface area contributed by atoms with Gasteiger partial charge in [0, 0.05) is 22.4 Å². The van der Waals surface area contributed by atoms with Crippen LogP contribution >= 0.6 is 15.9 Å². The SMILES string of the molecule is CCNC(c1cncnc1)c1ccc(Br)cc1C. The van der Waals surface area contributed by atoms with Gasteiger partial charge in [-0.05, 0) is 36.7 Å². The van der Waals surface area contributed by atoms with Gasteiger partial charge in [-0.15, -0.1) is 0 Å². The van der Waals surface area contributed by atoms with Gasteiger partial charge in [0.05, 0.1) is 6.04 Å². The van der Waals surface area contributed by atoms with E-state index in [0.717, 1.165) is 16.6 Å². The van der Waals surface area contributed by atoms with Crippen molar-refractivity contribution in [3.8, 4) is 0 Å². The molecule has 3 nitrogen and oxygen atoms in total. The maximum atomic E-state index is 4.10. The number of rotatable bonds is 4. The Bertz CT molecular complexity index is 514. The van der Waals surface area contributed by atoms with Gasteiger partial charge in [0.1, 0.15) is 6.33 Å². The Morgan fingerprint density at radius 2 is 2.00 bits per heavy atom. The molecule has 1 N–H and O–H groups in total. The summed E-state index contributed by atoms with van der Waals surface area (Å²) in [6, 6.07) is 6.48. The Balaban J connectivity index is 2.41. The molecule has 2 aromatic rings. The summed E-state index contributed by atoms with van der Waals surface area (Å²) in [7, 11) is 0. The number of halogens is 1. The van der Waals surface area contributed by atoms with Crippen molar-refractivity contribution in [1.82, 2.24) is 15.3 Å². The third kappa shape index (κ3) is 2.94. The molecule has 0 aliphatic rings. The van der Waals surface area contributed by atoms with E-state index in [2.05, 4.69) is 63.3 Å². The molecule has 2 rings (SSSR count). The summed E-state index contributed by atoms with van der Waals surface area (Å²) in [5.41, 5.74) is 3.60. The van der Waals surface area contributed by atoms with E-state index >= 15 is 0 Å². The zero-order chi connectivity index (χ0) is 13.0.